The molecule has 122 valence electrons. The number of ether oxygens (including phenoxy) is 1. The van der Waals surface area contributed by atoms with E-state index in [2.05, 4.69) is 15.5 Å². The first kappa shape index (κ1) is 16.3. The number of rotatable bonds is 8. The molecule has 1 aliphatic rings. The van der Waals surface area contributed by atoms with Crippen molar-refractivity contribution in [2.24, 2.45) is 5.92 Å². The van der Waals surface area contributed by atoms with Crippen LogP contribution in [0.2, 0.25) is 0 Å². The molecule has 23 heavy (non-hydrogen) atoms. The van der Waals surface area contributed by atoms with Gasteiger partial charge < -0.3 is 10.1 Å². The minimum absolute atomic E-state index is 0.0835. The van der Waals surface area contributed by atoms with E-state index >= 15 is 0 Å². The van der Waals surface area contributed by atoms with Gasteiger partial charge >= 0.3 is 0 Å². The molecule has 3 rings (SSSR count). The van der Waals surface area contributed by atoms with Gasteiger partial charge in [-0.3, -0.25) is 4.79 Å². The number of amides is 1. The zero-order valence-corrected chi connectivity index (χ0v) is 14.4. The number of aromatic nitrogens is 2. The minimum Gasteiger partial charge on any atom is -0.494 e. The molecule has 0 radical (unpaired) electrons. The molecule has 0 spiro atoms. The van der Waals surface area contributed by atoms with E-state index in [1.54, 1.807) is 11.8 Å². The standard InChI is InChI=1S/C16H19N3O2S2/c20-14(12-6-4-7-12)17-15-18-19-16(23-15)22-11-5-10-21-13-8-2-1-3-9-13/h1-3,8-9,12H,4-7,10-11H2,(H,17,18,20). The Morgan fingerprint density at radius 2 is 2.13 bits per heavy atom. The number of carbonyl (C=O) groups is 1. The third-order valence-corrected chi connectivity index (χ3v) is 5.70. The van der Waals surface area contributed by atoms with Crippen molar-refractivity contribution in [2.75, 3.05) is 17.7 Å². The summed E-state index contributed by atoms with van der Waals surface area (Å²) in [5, 5.41) is 11.6. The molecule has 0 unspecified atom stereocenters. The molecule has 1 aliphatic carbocycles. The van der Waals surface area contributed by atoms with Crippen LogP contribution in [0.15, 0.2) is 34.7 Å². The van der Waals surface area contributed by atoms with E-state index in [1.165, 1.54) is 11.3 Å². The van der Waals surface area contributed by atoms with E-state index in [1.807, 2.05) is 30.3 Å². The lowest BCUT2D eigenvalue weighted by molar-refractivity contribution is -0.122. The summed E-state index contributed by atoms with van der Waals surface area (Å²) in [7, 11) is 0. The number of nitrogens with one attached hydrogen (secondary N) is 1. The summed E-state index contributed by atoms with van der Waals surface area (Å²) < 4.78 is 6.53. The van der Waals surface area contributed by atoms with Crippen molar-refractivity contribution in [2.45, 2.75) is 30.0 Å². The zero-order valence-electron chi connectivity index (χ0n) is 12.7. The van der Waals surface area contributed by atoms with Crippen LogP contribution in [0.3, 0.4) is 0 Å². The zero-order chi connectivity index (χ0) is 15.9. The molecule has 1 fully saturated rings. The Balaban J connectivity index is 1.33. The molecule has 1 aromatic heterocycles. The molecule has 1 saturated carbocycles. The predicted molar refractivity (Wildman–Crippen MR) is 93.2 cm³/mol. The number of nitrogens with zero attached hydrogens (tertiary/aromatic N) is 2. The van der Waals surface area contributed by atoms with Gasteiger partial charge in [0.05, 0.1) is 6.61 Å². The van der Waals surface area contributed by atoms with E-state index in [4.69, 9.17) is 4.74 Å². The Bertz CT molecular complexity index is 629. The number of hydrogen-bond donors (Lipinski definition) is 1. The van der Waals surface area contributed by atoms with Gasteiger partial charge in [-0.1, -0.05) is 47.7 Å². The first-order valence-electron chi connectivity index (χ1n) is 7.76. The molecule has 1 N–H and O–H groups in total. The highest BCUT2D eigenvalue weighted by atomic mass is 32.2. The highest BCUT2D eigenvalue weighted by molar-refractivity contribution is 8.01. The average Bonchev–Trinajstić information content (AvgIpc) is 2.93. The Morgan fingerprint density at radius 1 is 1.30 bits per heavy atom. The maximum atomic E-state index is 11.8. The van der Waals surface area contributed by atoms with Crippen molar-refractivity contribution in [1.82, 2.24) is 10.2 Å². The van der Waals surface area contributed by atoms with Crippen LogP contribution < -0.4 is 10.1 Å². The van der Waals surface area contributed by atoms with Crippen LogP contribution in [0.25, 0.3) is 0 Å². The van der Waals surface area contributed by atoms with E-state index < -0.39 is 0 Å². The van der Waals surface area contributed by atoms with E-state index in [0.717, 1.165) is 41.5 Å². The third-order valence-electron chi connectivity index (χ3n) is 3.64. The van der Waals surface area contributed by atoms with Gasteiger partial charge in [-0.2, -0.15) is 0 Å². The smallest absolute Gasteiger partial charge is 0.229 e. The van der Waals surface area contributed by atoms with Crippen molar-refractivity contribution >= 4 is 34.1 Å². The van der Waals surface area contributed by atoms with E-state index in [9.17, 15) is 4.79 Å². The first-order chi connectivity index (χ1) is 11.3. The molecule has 0 saturated heterocycles. The van der Waals surface area contributed by atoms with Gasteiger partial charge in [0.25, 0.3) is 0 Å². The molecule has 1 aromatic carbocycles. The van der Waals surface area contributed by atoms with Crippen molar-refractivity contribution in [3.63, 3.8) is 0 Å². The van der Waals surface area contributed by atoms with Gasteiger partial charge in [0.2, 0.25) is 11.0 Å². The molecule has 1 amide bonds. The second kappa shape index (κ2) is 8.31. The van der Waals surface area contributed by atoms with Crippen molar-refractivity contribution < 1.29 is 9.53 Å². The first-order valence-corrected chi connectivity index (χ1v) is 9.56. The normalized spacial score (nSPS) is 14.3. The summed E-state index contributed by atoms with van der Waals surface area (Å²) in [6.45, 7) is 0.682. The fraction of sp³-hybridized carbons (Fsp3) is 0.438. The van der Waals surface area contributed by atoms with Crippen LogP contribution in [0.4, 0.5) is 5.13 Å². The number of benzene rings is 1. The largest absolute Gasteiger partial charge is 0.494 e. The van der Waals surface area contributed by atoms with Crippen molar-refractivity contribution in [1.29, 1.82) is 0 Å². The molecule has 0 aliphatic heterocycles. The quantitative estimate of drug-likeness (QED) is 0.446. The van der Waals surface area contributed by atoms with Crippen LogP contribution in [-0.4, -0.2) is 28.5 Å². The van der Waals surface area contributed by atoms with E-state index in [-0.39, 0.29) is 11.8 Å². The highest BCUT2D eigenvalue weighted by Gasteiger charge is 2.25. The number of anilines is 1. The summed E-state index contributed by atoms with van der Waals surface area (Å²) >= 11 is 3.08. The number of para-hydroxylation sites is 1. The van der Waals surface area contributed by atoms with Crippen LogP contribution in [0.1, 0.15) is 25.7 Å². The van der Waals surface area contributed by atoms with Gasteiger partial charge in [-0.15, -0.1) is 10.2 Å². The maximum absolute atomic E-state index is 11.8. The summed E-state index contributed by atoms with van der Waals surface area (Å²) in [5.41, 5.74) is 0. The SMILES string of the molecule is O=C(Nc1nnc(SCCCOc2ccccc2)s1)C1CCC1. The van der Waals surface area contributed by atoms with Gasteiger partial charge in [0, 0.05) is 11.7 Å². The average molecular weight is 349 g/mol. The third kappa shape index (κ3) is 4.94. The molecule has 0 bridgehead atoms. The summed E-state index contributed by atoms with van der Waals surface area (Å²) in [6, 6.07) is 9.80. The molecule has 0 atom stereocenters. The highest BCUT2D eigenvalue weighted by Crippen LogP contribution is 2.30. The van der Waals surface area contributed by atoms with E-state index in [0.29, 0.717) is 11.7 Å². The topological polar surface area (TPSA) is 64.1 Å². The lowest BCUT2D eigenvalue weighted by Crippen LogP contribution is -2.27. The summed E-state index contributed by atoms with van der Waals surface area (Å²) in [4.78, 5) is 11.8. The molecule has 2 aromatic rings. The fourth-order valence-electron chi connectivity index (χ4n) is 2.12. The molecular formula is C16H19N3O2S2. The summed E-state index contributed by atoms with van der Waals surface area (Å²) in [6.07, 6.45) is 4.07. The van der Waals surface area contributed by atoms with Crippen molar-refractivity contribution in [3.8, 4) is 5.75 Å². The maximum Gasteiger partial charge on any atom is 0.229 e. The number of carbonyl (C=O) groups excluding carboxylic acids is 1. The molecule has 7 heteroatoms. The number of thioether (sulfide) groups is 1. The summed E-state index contributed by atoms with van der Waals surface area (Å²) in [5.74, 6) is 2.07. The second-order valence-electron chi connectivity index (χ2n) is 5.35. The predicted octanol–water partition coefficient (Wildman–Crippen LogP) is 3.84. The lowest BCUT2D eigenvalue weighted by atomic mass is 9.85. The van der Waals surface area contributed by atoms with Gasteiger partial charge in [-0.05, 0) is 31.4 Å². The second-order valence-corrected chi connectivity index (χ2v) is 7.67. The van der Waals surface area contributed by atoms with Crippen LogP contribution in [0, 0.1) is 5.92 Å². The van der Waals surface area contributed by atoms with Crippen LogP contribution >= 0.6 is 23.1 Å². The Labute approximate surface area is 143 Å². The van der Waals surface area contributed by atoms with Gasteiger partial charge in [0.1, 0.15) is 5.75 Å². The lowest BCUT2D eigenvalue weighted by Gasteiger charge is -2.23. The fourth-order valence-corrected chi connectivity index (χ4v) is 3.86. The Morgan fingerprint density at radius 3 is 2.87 bits per heavy atom. The number of hydrogen-bond acceptors (Lipinski definition) is 6. The Kier molecular flexibility index (Phi) is 5.87. The Hall–Kier alpha value is -1.60. The van der Waals surface area contributed by atoms with Gasteiger partial charge in [-0.25, -0.2) is 0 Å². The van der Waals surface area contributed by atoms with Crippen LogP contribution in [-0.2, 0) is 4.79 Å². The molecule has 1 heterocycles. The minimum atomic E-state index is 0.0835. The van der Waals surface area contributed by atoms with Crippen molar-refractivity contribution in [3.05, 3.63) is 30.3 Å². The van der Waals surface area contributed by atoms with Gasteiger partial charge in [0.15, 0.2) is 4.34 Å². The van der Waals surface area contributed by atoms with Crippen LogP contribution in [0.5, 0.6) is 5.75 Å². The molecule has 5 nitrogen and oxygen atoms in total. The molecular weight excluding hydrogens is 330 g/mol. The monoisotopic (exact) mass is 349 g/mol.